The summed E-state index contributed by atoms with van der Waals surface area (Å²) in [6, 6.07) is 4.11. The molecule has 0 spiro atoms. The van der Waals surface area contributed by atoms with Gasteiger partial charge in [0.25, 0.3) is 0 Å². The molecule has 0 atom stereocenters. The Bertz CT molecular complexity index is 360. The van der Waals surface area contributed by atoms with Gasteiger partial charge in [-0.15, -0.1) is 0 Å². The van der Waals surface area contributed by atoms with Gasteiger partial charge in [0.15, 0.2) is 0 Å². The highest BCUT2D eigenvalue weighted by atomic mass is 16.2. The molecule has 1 aromatic rings. The summed E-state index contributed by atoms with van der Waals surface area (Å²) in [5.74, 6) is 0. The molecular weight excluding hydrogens is 226 g/mol. The maximum Gasteiger partial charge on any atom is 0.317 e. The van der Waals surface area contributed by atoms with Gasteiger partial charge in [-0.25, -0.2) is 4.79 Å². The Morgan fingerprint density at radius 3 is 2.72 bits per heavy atom. The molecule has 1 aromatic heterocycles. The van der Waals surface area contributed by atoms with Crippen LogP contribution in [0.1, 0.15) is 38.8 Å². The van der Waals surface area contributed by atoms with Crippen molar-refractivity contribution in [2.75, 3.05) is 13.1 Å². The van der Waals surface area contributed by atoms with Crippen LogP contribution in [0.3, 0.4) is 0 Å². The zero-order valence-electron chi connectivity index (χ0n) is 11.8. The minimum atomic E-state index is 0.0477. The van der Waals surface area contributed by atoms with Gasteiger partial charge in [0.2, 0.25) is 0 Å². The van der Waals surface area contributed by atoms with Gasteiger partial charge in [-0.3, -0.25) is 0 Å². The number of unbranched alkanes of at least 4 members (excludes halogenated alkanes) is 1. The second-order valence-electron chi connectivity index (χ2n) is 4.62. The number of nitrogens with zero attached hydrogens (tertiary/aromatic N) is 2. The van der Waals surface area contributed by atoms with Gasteiger partial charge in [0.05, 0.1) is 6.54 Å². The Kier molecular flexibility index (Phi) is 6.33. The van der Waals surface area contributed by atoms with E-state index in [4.69, 9.17) is 0 Å². The molecule has 0 aromatic carbocycles. The second-order valence-corrected chi connectivity index (χ2v) is 4.62. The third kappa shape index (κ3) is 4.43. The van der Waals surface area contributed by atoms with E-state index in [0.717, 1.165) is 38.0 Å². The van der Waals surface area contributed by atoms with E-state index in [9.17, 15) is 4.79 Å². The van der Waals surface area contributed by atoms with Crippen molar-refractivity contribution in [2.24, 2.45) is 7.05 Å². The van der Waals surface area contributed by atoms with E-state index in [1.54, 1.807) is 0 Å². The van der Waals surface area contributed by atoms with Crippen molar-refractivity contribution in [2.45, 2.75) is 39.7 Å². The van der Waals surface area contributed by atoms with Gasteiger partial charge < -0.3 is 14.8 Å². The molecule has 0 bridgehead atoms. The summed E-state index contributed by atoms with van der Waals surface area (Å²) < 4.78 is 2.06. The highest BCUT2D eigenvalue weighted by Crippen LogP contribution is 2.06. The fourth-order valence-electron chi connectivity index (χ4n) is 1.86. The van der Waals surface area contributed by atoms with Crippen LogP contribution in [-0.4, -0.2) is 28.6 Å². The van der Waals surface area contributed by atoms with Crippen molar-refractivity contribution >= 4 is 6.03 Å². The molecule has 4 heteroatoms. The third-order valence-corrected chi connectivity index (χ3v) is 2.99. The van der Waals surface area contributed by atoms with Crippen molar-refractivity contribution in [1.29, 1.82) is 0 Å². The van der Waals surface area contributed by atoms with Crippen LogP contribution >= 0.6 is 0 Å². The van der Waals surface area contributed by atoms with Crippen molar-refractivity contribution in [3.8, 4) is 0 Å². The van der Waals surface area contributed by atoms with Gasteiger partial charge in [-0.1, -0.05) is 20.3 Å². The lowest BCUT2D eigenvalue weighted by atomic mass is 10.3. The van der Waals surface area contributed by atoms with Crippen LogP contribution in [0.25, 0.3) is 0 Å². The molecule has 0 saturated heterocycles. The van der Waals surface area contributed by atoms with Gasteiger partial charge in [-0.2, -0.15) is 0 Å². The fourth-order valence-corrected chi connectivity index (χ4v) is 1.86. The van der Waals surface area contributed by atoms with E-state index in [-0.39, 0.29) is 6.03 Å². The smallest absolute Gasteiger partial charge is 0.317 e. The van der Waals surface area contributed by atoms with Crippen molar-refractivity contribution in [3.05, 3.63) is 24.0 Å². The van der Waals surface area contributed by atoms with Crippen LogP contribution in [0, 0.1) is 0 Å². The molecule has 1 N–H and O–H groups in total. The predicted octanol–water partition coefficient (Wildman–Crippen LogP) is 2.75. The Hall–Kier alpha value is -1.45. The maximum atomic E-state index is 12.1. The van der Waals surface area contributed by atoms with E-state index in [2.05, 4.69) is 29.8 Å². The second kappa shape index (κ2) is 7.80. The lowest BCUT2D eigenvalue weighted by Gasteiger charge is -2.23. The number of rotatable bonds is 7. The Morgan fingerprint density at radius 1 is 1.39 bits per heavy atom. The summed E-state index contributed by atoms with van der Waals surface area (Å²) in [7, 11) is 2.01. The van der Waals surface area contributed by atoms with Crippen LogP contribution in [0.15, 0.2) is 18.3 Å². The number of aryl methyl sites for hydroxylation is 1. The minimum Gasteiger partial charge on any atom is -0.353 e. The highest BCUT2D eigenvalue weighted by Gasteiger charge is 2.13. The normalized spacial score (nSPS) is 10.4. The number of hydrogen-bond donors (Lipinski definition) is 1. The van der Waals surface area contributed by atoms with E-state index in [0.29, 0.717) is 6.54 Å². The number of carbonyl (C=O) groups excluding carboxylic acids is 1. The molecule has 0 aliphatic carbocycles. The standard InChI is InChI=1S/C14H25N3O/c1-4-6-9-15-14(18)17(10-5-2)12-13-8-7-11-16(13)3/h7-8,11H,4-6,9-10,12H2,1-3H3,(H,15,18). The topological polar surface area (TPSA) is 37.3 Å². The largest absolute Gasteiger partial charge is 0.353 e. The summed E-state index contributed by atoms with van der Waals surface area (Å²) in [6.45, 7) is 6.46. The first-order valence-electron chi connectivity index (χ1n) is 6.82. The first-order valence-corrected chi connectivity index (χ1v) is 6.82. The van der Waals surface area contributed by atoms with Gasteiger partial charge in [0.1, 0.15) is 0 Å². The zero-order valence-corrected chi connectivity index (χ0v) is 11.8. The summed E-state index contributed by atoms with van der Waals surface area (Å²) in [5, 5.41) is 2.98. The number of hydrogen-bond acceptors (Lipinski definition) is 1. The molecule has 0 fully saturated rings. The molecule has 0 aliphatic rings. The van der Waals surface area contributed by atoms with E-state index >= 15 is 0 Å². The average Bonchev–Trinajstić information content (AvgIpc) is 2.75. The van der Waals surface area contributed by atoms with Crippen LogP contribution in [0.2, 0.25) is 0 Å². The van der Waals surface area contributed by atoms with E-state index in [1.165, 1.54) is 0 Å². The number of aromatic nitrogens is 1. The van der Waals surface area contributed by atoms with Gasteiger partial charge in [0, 0.05) is 32.0 Å². The van der Waals surface area contributed by atoms with Crippen molar-refractivity contribution in [3.63, 3.8) is 0 Å². The van der Waals surface area contributed by atoms with E-state index < -0.39 is 0 Å². The number of carbonyl (C=O) groups is 1. The number of urea groups is 1. The van der Waals surface area contributed by atoms with Crippen LogP contribution in [-0.2, 0) is 13.6 Å². The first-order chi connectivity index (χ1) is 8.69. The SMILES string of the molecule is CCCCNC(=O)N(CCC)Cc1cccn1C. The molecule has 0 aliphatic heterocycles. The Morgan fingerprint density at radius 2 is 2.17 bits per heavy atom. The quantitative estimate of drug-likeness (QED) is 0.743. The van der Waals surface area contributed by atoms with Crippen molar-refractivity contribution < 1.29 is 4.79 Å². The summed E-state index contributed by atoms with van der Waals surface area (Å²) in [5.41, 5.74) is 1.16. The first kappa shape index (κ1) is 14.6. The lowest BCUT2D eigenvalue weighted by molar-refractivity contribution is 0.194. The molecule has 0 saturated carbocycles. The number of amides is 2. The summed E-state index contributed by atoms with van der Waals surface area (Å²) in [6.07, 6.45) is 5.13. The molecule has 2 amide bonds. The van der Waals surface area contributed by atoms with Crippen molar-refractivity contribution in [1.82, 2.24) is 14.8 Å². The Labute approximate surface area is 110 Å². The minimum absolute atomic E-state index is 0.0477. The molecule has 1 rings (SSSR count). The van der Waals surface area contributed by atoms with Gasteiger partial charge >= 0.3 is 6.03 Å². The zero-order chi connectivity index (χ0) is 13.4. The van der Waals surface area contributed by atoms with Crippen LogP contribution in [0.5, 0.6) is 0 Å². The molecule has 0 unspecified atom stereocenters. The van der Waals surface area contributed by atoms with E-state index in [1.807, 2.05) is 24.2 Å². The highest BCUT2D eigenvalue weighted by molar-refractivity contribution is 5.74. The summed E-state index contributed by atoms with van der Waals surface area (Å²) >= 11 is 0. The maximum absolute atomic E-state index is 12.1. The monoisotopic (exact) mass is 251 g/mol. The van der Waals surface area contributed by atoms with Crippen LogP contribution in [0.4, 0.5) is 4.79 Å². The number of nitrogens with one attached hydrogen (secondary N) is 1. The lowest BCUT2D eigenvalue weighted by Crippen LogP contribution is -2.40. The average molecular weight is 251 g/mol. The molecular formula is C14H25N3O. The fraction of sp³-hybridized carbons (Fsp3) is 0.643. The molecule has 1 heterocycles. The molecule has 4 nitrogen and oxygen atoms in total. The summed E-state index contributed by atoms with van der Waals surface area (Å²) in [4.78, 5) is 13.9. The van der Waals surface area contributed by atoms with Gasteiger partial charge in [-0.05, 0) is 25.0 Å². The Balaban J connectivity index is 2.53. The molecule has 102 valence electrons. The van der Waals surface area contributed by atoms with Crippen LogP contribution < -0.4 is 5.32 Å². The molecule has 0 radical (unpaired) electrons. The third-order valence-electron chi connectivity index (χ3n) is 2.99. The molecule has 18 heavy (non-hydrogen) atoms. The predicted molar refractivity (Wildman–Crippen MR) is 74.4 cm³/mol.